The molecule has 7 nitrogen and oxygen atoms in total. The van der Waals surface area contributed by atoms with E-state index in [0.717, 1.165) is 54.3 Å². The SMILES string of the molecule is Cl.Cn1ccnc1C1CNCCN1Cc1nc(N)c2c3c(sc2n1)CCCC3. The van der Waals surface area contributed by atoms with Crippen LogP contribution in [0.25, 0.3) is 10.2 Å². The van der Waals surface area contributed by atoms with Gasteiger partial charge in [-0.1, -0.05) is 0 Å². The van der Waals surface area contributed by atoms with E-state index in [1.54, 1.807) is 0 Å². The Balaban J connectivity index is 0.00000192. The number of piperazine rings is 1. The number of hydrogen-bond acceptors (Lipinski definition) is 7. The predicted molar refractivity (Wildman–Crippen MR) is 115 cm³/mol. The van der Waals surface area contributed by atoms with Gasteiger partial charge in [-0.15, -0.1) is 23.7 Å². The van der Waals surface area contributed by atoms with Gasteiger partial charge in [-0.3, -0.25) is 4.90 Å². The van der Waals surface area contributed by atoms with E-state index in [0.29, 0.717) is 12.4 Å². The number of thiophene rings is 1. The van der Waals surface area contributed by atoms with Gasteiger partial charge in [0.15, 0.2) is 0 Å². The lowest BCUT2D eigenvalue weighted by Crippen LogP contribution is -2.46. The second kappa shape index (κ2) is 7.94. The quantitative estimate of drug-likeness (QED) is 0.678. The van der Waals surface area contributed by atoms with Gasteiger partial charge in [0.1, 0.15) is 22.3 Å². The zero-order valence-corrected chi connectivity index (χ0v) is 17.7. The Kier molecular flexibility index (Phi) is 5.55. The van der Waals surface area contributed by atoms with Gasteiger partial charge in [0.05, 0.1) is 18.0 Å². The Labute approximate surface area is 174 Å². The summed E-state index contributed by atoms with van der Waals surface area (Å²) < 4.78 is 2.09. The van der Waals surface area contributed by atoms with Crippen molar-refractivity contribution in [3.8, 4) is 0 Å². The number of nitrogens with one attached hydrogen (secondary N) is 1. The monoisotopic (exact) mass is 419 g/mol. The van der Waals surface area contributed by atoms with Crippen molar-refractivity contribution < 1.29 is 0 Å². The van der Waals surface area contributed by atoms with E-state index in [1.807, 2.05) is 30.8 Å². The molecule has 5 rings (SSSR count). The molecule has 0 spiro atoms. The number of nitrogens with two attached hydrogens (primary N) is 1. The minimum absolute atomic E-state index is 0. The molecule has 1 aliphatic heterocycles. The van der Waals surface area contributed by atoms with Crippen LogP contribution in [0.15, 0.2) is 12.4 Å². The summed E-state index contributed by atoms with van der Waals surface area (Å²) in [6.07, 6.45) is 8.64. The normalized spacial score (nSPS) is 20.1. The third kappa shape index (κ3) is 3.39. The molecule has 0 radical (unpaired) electrons. The number of rotatable bonds is 3. The van der Waals surface area contributed by atoms with Gasteiger partial charge >= 0.3 is 0 Å². The molecule has 1 fully saturated rings. The average Bonchev–Trinajstić information content (AvgIpc) is 3.25. The molecule has 28 heavy (non-hydrogen) atoms. The molecule has 0 aromatic carbocycles. The second-order valence-electron chi connectivity index (χ2n) is 7.50. The fourth-order valence-corrected chi connectivity index (χ4v) is 5.66. The summed E-state index contributed by atoms with van der Waals surface area (Å²) in [4.78, 5) is 19.1. The molecule has 1 aliphatic carbocycles. The summed E-state index contributed by atoms with van der Waals surface area (Å²) in [5, 5.41) is 4.59. The molecule has 1 saturated heterocycles. The van der Waals surface area contributed by atoms with Crippen molar-refractivity contribution in [2.45, 2.75) is 38.3 Å². The molecular weight excluding hydrogens is 394 g/mol. The van der Waals surface area contributed by atoms with Crippen molar-refractivity contribution in [2.75, 3.05) is 25.4 Å². The highest BCUT2D eigenvalue weighted by molar-refractivity contribution is 7.19. The van der Waals surface area contributed by atoms with Crippen molar-refractivity contribution in [1.29, 1.82) is 0 Å². The molecule has 1 unspecified atom stereocenters. The Morgan fingerprint density at radius 2 is 2.14 bits per heavy atom. The zero-order chi connectivity index (χ0) is 18.4. The standard InChI is InChI=1S/C19H25N7S.ClH/c1-25-8-7-22-18(25)13-10-21-6-9-26(13)11-15-23-17(20)16-12-4-2-3-5-14(12)27-19(16)24-15;/h7-8,13,21H,2-6,9-11H2,1H3,(H2,20,23,24);1H. The molecule has 0 bridgehead atoms. The number of imidazole rings is 1. The third-order valence-electron chi connectivity index (χ3n) is 5.74. The van der Waals surface area contributed by atoms with Crippen molar-refractivity contribution in [3.05, 3.63) is 34.5 Å². The van der Waals surface area contributed by atoms with Gasteiger partial charge in [-0.05, 0) is 31.2 Å². The van der Waals surface area contributed by atoms with Crippen LogP contribution < -0.4 is 11.1 Å². The van der Waals surface area contributed by atoms with Gasteiger partial charge in [0.2, 0.25) is 0 Å². The van der Waals surface area contributed by atoms with E-state index in [9.17, 15) is 0 Å². The molecule has 9 heteroatoms. The molecule has 0 saturated carbocycles. The molecule has 150 valence electrons. The van der Waals surface area contributed by atoms with Crippen LogP contribution in [-0.2, 0) is 26.4 Å². The first kappa shape index (κ1) is 19.6. The molecule has 1 atom stereocenters. The maximum Gasteiger partial charge on any atom is 0.146 e. The summed E-state index contributed by atoms with van der Waals surface area (Å²) in [5.74, 6) is 2.54. The summed E-state index contributed by atoms with van der Waals surface area (Å²) >= 11 is 1.81. The predicted octanol–water partition coefficient (Wildman–Crippen LogP) is 2.45. The van der Waals surface area contributed by atoms with Crippen LogP contribution in [0.2, 0.25) is 0 Å². The minimum Gasteiger partial charge on any atom is -0.383 e. The van der Waals surface area contributed by atoms with Crippen LogP contribution in [0.1, 0.15) is 41.0 Å². The third-order valence-corrected chi connectivity index (χ3v) is 6.93. The molecular formula is C19H26ClN7S. The van der Waals surface area contributed by atoms with E-state index in [2.05, 4.69) is 19.8 Å². The summed E-state index contributed by atoms with van der Waals surface area (Å²) in [5.41, 5.74) is 7.79. The average molecular weight is 420 g/mol. The zero-order valence-electron chi connectivity index (χ0n) is 16.0. The lowest BCUT2D eigenvalue weighted by molar-refractivity contribution is 0.141. The van der Waals surface area contributed by atoms with Crippen molar-refractivity contribution >= 4 is 39.8 Å². The highest BCUT2D eigenvalue weighted by Crippen LogP contribution is 2.38. The number of halogens is 1. The van der Waals surface area contributed by atoms with Gasteiger partial charge in [-0.25, -0.2) is 15.0 Å². The van der Waals surface area contributed by atoms with Crippen molar-refractivity contribution in [1.82, 2.24) is 29.7 Å². The number of hydrogen-bond donors (Lipinski definition) is 2. The molecule has 3 aromatic rings. The van der Waals surface area contributed by atoms with Crippen LogP contribution in [0, 0.1) is 0 Å². The first-order valence-electron chi connectivity index (χ1n) is 9.69. The van der Waals surface area contributed by atoms with E-state index in [1.165, 1.54) is 23.3 Å². The van der Waals surface area contributed by atoms with Gasteiger partial charge < -0.3 is 15.6 Å². The first-order chi connectivity index (χ1) is 13.2. The number of anilines is 1. The molecule has 4 heterocycles. The van der Waals surface area contributed by atoms with Gasteiger partial charge in [0, 0.05) is 44.0 Å². The summed E-state index contributed by atoms with van der Waals surface area (Å²) in [7, 11) is 2.05. The number of nitrogen functional groups attached to an aromatic ring is 1. The van der Waals surface area contributed by atoms with E-state index >= 15 is 0 Å². The fourth-order valence-electron chi connectivity index (χ4n) is 4.37. The number of fused-ring (bicyclic) bond motifs is 3. The second-order valence-corrected chi connectivity index (χ2v) is 8.59. The number of aromatic nitrogens is 4. The van der Waals surface area contributed by atoms with Crippen molar-refractivity contribution in [2.24, 2.45) is 7.05 Å². The van der Waals surface area contributed by atoms with Crippen LogP contribution in [0.5, 0.6) is 0 Å². The Bertz CT molecular complexity index is 982. The Hall–Kier alpha value is -1.74. The number of aryl methyl sites for hydroxylation is 3. The highest BCUT2D eigenvalue weighted by atomic mass is 35.5. The maximum absolute atomic E-state index is 6.39. The molecule has 0 amide bonds. The topological polar surface area (TPSA) is 84.9 Å². The van der Waals surface area contributed by atoms with Crippen LogP contribution in [0.3, 0.4) is 0 Å². The lowest BCUT2D eigenvalue weighted by atomic mass is 9.97. The van der Waals surface area contributed by atoms with E-state index in [-0.39, 0.29) is 18.4 Å². The number of nitrogens with zero attached hydrogens (tertiary/aromatic N) is 5. The Morgan fingerprint density at radius 1 is 1.29 bits per heavy atom. The fraction of sp³-hybridized carbons (Fsp3) is 0.526. The Morgan fingerprint density at radius 3 is 2.96 bits per heavy atom. The summed E-state index contributed by atoms with van der Waals surface area (Å²) in [6.45, 7) is 3.49. The molecule has 2 aliphatic rings. The van der Waals surface area contributed by atoms with Gasteiger partial charge in [0.25, 0.3) is 0 Å². The minimum atomic E-state index is 0. The van der Waals surface area contributed by atoms with E-state index in [4.69, 9.17) is 15.7 Å². The summed E-state index contributed by atoms with van der Waals surface area (Å²) in [6, 6.07) is 0.218. The largest absolute Gasteiger partial charge is 0.383 e. The van der Waals surface area contributed by atoms with Crippen LogP contribution in [-0.4, -0.2) is 44.1 Å². The lowest BCUT2D eigenvalue weighted by Gasteiger charge is -2.35. The smallest absolute Gasteiger partial charge is 0.146 e. The maximum atomic E-state index is 6.39. The van der Waals surface area contributed by atoms with Crippen molar-refractivity contribution in [3.63, 3.8) is 0 Å². The molecule has 3 aromatic heterocycles. The first-order valence-corrected chi connectivity index (χ1v) is 10.5. The molecule has 3 N–H and O–H groups in total. The van der Waals surface area contributed by atoms with Gasteiger partial charge in [-0.2, -0.15) is 0 Å². The highest BCUT2D eigenvalue weighted by Gasteiger charge is 2.28. The van der Waals surface area contributed by atoms with E-state index < -0.39 is 0 Å². The van der Waals surface area contributed by atoms with Crippen LogP contribution >= 0.6 is 23.7 Å². The van der Waals surface area contributed by atoms with Crippen LogP contribution in [0.4, 0.5) is 5.82 Å².